The summed E-state index contributed by atoms with van der Waals surface area (Å²) in [7, 11) is 0. The van der Waals surface area contributed by atoms with E-state index in [-0.39, 0.29) is 18.8 Å². The third kappa shape index (κ3) is 4.66. The molecule has 0 amide bonds. The predicted molar refractivity (Wildman–Crippen MR) is 97.5 cm³/mol. The zero-order valence-corrected chi connectivity index (χ0v) is 15.3. The van der Waals surface area contributed by atoms with Crippen molar-refractivity contribution in [1.29, 1.82) is 0 Å². The molecule has 0 radical (unpaired) electrons. The molecule has 3 nitrogen and oxygen atoms in total. The Morgan fingerprint density at radius 1 is 1.04 bits per heavy atom. The molecule has 1 heterocycles. The summed E-state index contributed by atoms with van der Waals surface area (Å²) in [6, 6.07) is 15.2. The molecule has 0 unspecified atom stereocenters. The first-order valence-electron chi connectivity index (χ1n) is 7.91. The first kappa shape index (κ1) is 18.5. The lowest BCUT2D eigenvalue weighted by Crippen LogP contribution is -2.25. The van der Waals surface area contributed by atoms with Gasteiger partial charge in [-0.15, -0.1) is 0 Å². The highest BCUT2D eigenvalue weighted by atomic mass is 79.9. The van der Waals surface area contributed by atoms with E-state index < -0.39 is 11.7 Å². The average molecular weight is 425 g/mol. The zero-order valence-electron chi connectivity index (χ0n) is 13.7. The molecule has 1 aliphatic rings. The van der Waals surface area contributed by atoms with Gasteiger partial charge in [0.15, 0.2) is 0 Å². The molecule has 0 fully saturated rings. The fraction of sp³-hybridized carbons (Fsp3) is 0.211. The van der Waals surface area contributed by atoms with Gasteiger partial charge in [-0.2, -0.15) is 13.2 Å². The molecule has 0 atom stereocenters. The average Bonchev–Trinajstić information content (AvgIpc) is 2.61. The van der Waals surface area contributed by atoms with Crippen LogP contribution in [0.1, 0.15) is 16.7 Å². The SMILES string of the molecule is FC(F)(F)c1ccccc1CN1C=C(Br)C(OCc2ccccc2)=NC1. The van der Waals surface area contributed by atoms with Crippen molar-refractivity contribution in [2.75, 3.05) is 6.67 Å². The van der Waals surface area contributed by atoms with Gasteiger partial charge in [0.25, 0.3) is 0 Å². The minimum absolute atomic E-state index is 0.111. The highest BCUT2D eigenvalue weighted by Crippen LogP contribution is 2.32. The second kappa shape index (κ2) is 7.95. The summed E-state index contributed by atoms with van der Waals surface area (Å²) >= 11 is 3.38. The van der Waals surface area contributed by atoms with E-state index in [4.69, 9.17) is 4.74 Å². The van der Waals surface area contributed by atoms with E-state index in [1.807, 2.05) is 30.3 Å². The van der Waals surface area contributed by atoms with E-state index in [1.165, 1.54) is 12.1 Å². The maximum atomic E-state index is 13.1. The maximum absolute atomic E-state index is 13.1. The van der Waals surface area contributed by atoms with Crippen LogP contribution in [0.3, 0.4) is 0 Å². The van der Waals surface area contributed by atoms with Crippen LogP contribution >= 0.6 is 15.9 Å². The summed E-state index contributed by atoms with van der Waals surface area (Å²) in [6.07, 6.45) is -2.67. The molecule has 2 aromatic rings. The van der Waals surface area contributed by atoms with Gasteiger partial charge in [-0.3, -0.25) is 0 Å². The predicted octanol–water partition coefficient (Wildman–Crippen LogP) is 5.33. The van der Waals surface area contributed by atoms with Crippen molar-refractivity contribution in [3.05, 3.63) is 82.0 Å². The Balaban J connectivity index is 1.65. The van der Waals surface area contributed by atoms with Crippen LogP contribution in [0.15, 0.2) is 70.3 Å². The van der Waals surface area contributed by atoms with E-state index in [9.17, 15) is 13.2 Å². The van der Waals surface area contributed by atoms with Crippen molar-refractivity contribution in [3.8, 4) is 0 Å². The van der Waals surface area contributed by atoms with Gasteiger partial charge in [0, 0.05) is 12.7 Å². The van der Waals surface area contributed by atoms with Gasteiger partial charge < -0.3 is 9.64 Å². The number of rotatable bonds is 4. The number of aliphatic imine (C=N–C) groups is 1. The third-order valence-corrected chi connectivity index (χ3v) is 4.35. The molecule has 0 bridgehead atoms. The van der Waals surface area contributed by atoms with Gasteiger partial charge in [0.1, 0.15) is 13.3 Å². The topological polar surface area (TPSA) is 24.8 Å². The smallest absolute Gasteiger partial charge is 0.416 e. The fourth-order valence-electron chi connectivity index (χ4n) is 2.58. The summed E-state index contributed by atoms with van der Waals surface area (Å²) in [6.45, 7) is 0.713. The molecular formula is C19H16BrF3N2O. The van der Waals surface area contributed by atoms with Gasteiger partial charge in [0.2, 0.25) is 5.90 Å². The molecule has 2 aromatic carbocycles. The lowest BCUT2D eigenvalue weighted by Gasteiger charge is -2.25. The molecular weight excluding hydrogens is 409 g/mol. The number of benzene rings is 2. The van der Waals surface area contributed by atoms with Crippen LogP contribution in [0, 0.1) is 0 Å². The second-order valence-corrected chi connectivity index (χ2v) is 6.61. The molecule has 136 valence electrons. The third-order valence-electron chi connectivity index (χ3n) is 3.81. The molecule has 0 saturated carbocycles. The number of ether oxygens (including phenoxy) is 1. The van der Waals surface area contributed by atoms with Crippen LogP contribution in [0.4, 0.5) is 13.2 Å². The Labute approximate surface area is 157 Å². The summed E-state index contributed by atoms with van der Waals surface area (Å²) in [5.41, 5.74) is 0.595. The normalized spacial score (nSPS) is 14.7. The number of halogens is 4. The van der Waals surface area contributed by atoms with Crippen LogP contribution < -0.4 is 0 Å². The minimum Gasteiger partial charge on any atom is -0.472 e. The Hall–Kier alpha value is -2.28. The van der Waals surface area contributed by atoms with Crippen LogP contribution in [0.5, 0.6) is 0 Å². The summed E-state index contributed by atoms with van der Waals surface area (Å²) in [4.78, 5) is 6.02. The fourth-order valence-corrected chi connectivity index (χ4v) is 3.11. The lowest BCUT2D eigenvalue weighted by molar-refractivity contribution is -0.138. The molecule has 0 aliphatic carbocycles. The standard InChI is InChI=1S/C19H16BrF3N2O/c20-17-11-25(10-15-8-4-5-9-16(15)19(21,22)23)13-24-18(17)26-12-14-6-2-1-3-7-14/h1-9,11H,10,12-13H2. The van der Waals surface area contributed by atoms with Gasteiger partial charge in [0.05, 0.1) is 10.0 Å². The van der Waals surface area contributed by atoms with Crippen LogP contribution in [0.25, 0.3) is 0 Å². The van der Waals surface area contributed by atoms with Crippen LogP contribution in [0.2, 0.25) is 0 Å². The molecule has 3 rings (SSSR count). The second-order valence-electron chi connectivity index (χ2n) is 5.76. The van der Waals surface area contributed by atoms with E-state index in [2.05, 4.69) is 20.9 Å². The number of hydrogen-bond donors (Lipinski definition) is 0. The van der Waals surface area contributed by atoms with Crippen LogP contribution in [-0.2, 0) is 24.1 Å². The zero-order chi connectivity index (χ0) is 18.6. The van der Waals surface area contributed by atoms with Crippen molar-refractivity contribution in [2.24, 2.45) is 4.99 Å². The van der Waals surface area contributed by atoms with E-state index in [0.717, 1.165) is 11.6 Å². The summed E-state index contributed by atoms with van der Waals surface area (Å²) in [5.74, 6) is 0.439. The van der Waals surface area contributed by atoms with Crippen molar-refractivity contribution in [3.63, 3.8) is 0 Å². The molecule has 0 aromatic heterocycles. The lowest BCUT2D eigenvalue weighted by atomic mass is 10.1. The Morgan fingerprint density at radius 3 is 2.42 bits per heavy atom. The highest BCUT2D eigenvalue weighted by molar-refractivity contribution is 9.12. The van der Waals surface area contributed by atoms with Gasteiger partial charge in [-0.25, -0.2) is 4.99 Å². The Morgan fingerprint density at radius 2 is 1.73 bits per heavy atom. The van der Waals surface area contributed by atoms with Crippen molar-refractivity contribution < 1.29 is 17.9 Å². The first-order chi connectivity index (χ1) is 12.4. The maximum Gasteiger partial charge on any atom is 0.416 e. The summed E-state index contributed by atoms with van der Waals surface area (Å²) in [5, 5.41) is 0. The minimum atomic E-state index is -4.37. The molecule has 0 saturated heterocycles. The van der Waals surface area contributed by atoms with Crippen molar-refractivity contribution in [1.82, 2.24) is 4.90 Å². The van der Waals surface area contributed by atoms with E-state index in [1.54, 1.807) is 17.2 Å². The van der Waals surface area contributed by atoms with E-state index >= 15 is 0 Å². The monoisotopic (exact) mass is 424 g/mol. The van der Waals surface area contributed by atoms with Gasteiger partial charge >= 0.3 is 6.18 Å². The van der Waals surface area contributed by atoms with Gasteiger partial charge in [-0.05, 0) is 33.1 Å². The molecule has 0 spiro atoms. The van der Waals surface area contributed by atoms with Crippen molar-refractivity contribution in [2.45, 2.75) is 19.3 Å². The van der Waals surface area contributed by atoms with E-state index in [0.29, 0.717) is 17.0 Å². The Kier molecular flexibility index (Phi) is 5.66. The largest absolute Gasteiger partial charge is 0.472 e. The van der Waals surface area contributed by atoms with Crippen LogP contribution in [-0.4, -0.2) is 17.5 Å². The highest BCUT2D eigenvalue weighted by Gasteiger charge is 2.33. The molecule has 26 heavy (non-hydrogen) atoms. The number of hydrogen-bond acceptors (Lipinski definition) is 3. The molecule has 0 N–H and O–H groups in total. The number of alkyl halides is 3. The first-order valence-corrected chi connectivity index (χ1v) is 8.71. The summed E-state index contributed by atoms with van der Waals surface area (Å²) < 4.78 is 45.6. The molecule has 1 aliphatic heterocycles. The van der Waals surface area contributed by atoms with Gasteiger partial charge in [-0.1, -0.05) is 48.5 Å². The van der Waals surface area contributed by atoms with Crippen molar-refractivity contribution >= 4 is 21.8 Å². The molecule has 7 heteroatoms. The Bertz CT molecular complexity index is 819. The quantitative estimate of drug-likeness (QED) is 0.662. The number of nitrogens with zero attached hydrogens (tertiary/aromatic N) is 2.